The van der Waals surface area contributed by atoms with Gasteiger partial charge in [0.25, 0.3) is 10.1 Å². The van der Waals surface area contributed by atoms with Crippen molar-refractivity contribution < 1.29 is 37.9 Å². The SMILES string of the molecule is O=C1c2c(O)ccc(O)c2C(=O)c2c(S(=O)(=O)O)ccc(O)c21. The highest BCUT2D eigenvalue weighted by Gasteiger charge is 2.39. The van der Waals surface area contributed by atoms with Crippen LogP contribution in [0.2, 0.25) is 0 Å². The third-order valence-electron chi connectivity index (χ3n) is 3.49. The maximum absolute atomic E-state index is 12.5. The van der Waals surface area contributed by atoms with Crippen LogP contribution in [0.15, 0.2) is 29.2 Å². The quantitative estimate of drug-likeness (QED) is 0.377. The predicted octanol–water partition coefficient (Wildman–Crippen LogP) is 0.825. The Morgan fingerprint density at radius 2 is 1.00 bits per heavy atom. The lowest BCUT2D eigenvalue weighted by Crippen LogP contribution is -2.24. The molecule has 1 aliphatic rings. The molecule has 4 N–H and O–H groups in total. The number of hydrogen-bond acceptors (Lipinski definition) is 7. The number of phenols is 3. The molecule has 0 unspecified atom stereocenters. The van der Waals surface area contributed by atoms with E-state index in [1.807, 2.05) is 0 Å². The van der Waals surface area contributed by atoms with Gasteiger partial charge < -0.3 is 15.3 Å². The van der Waals surface area contributed by atoms with E-state index in [2.05, 4.69) is 0 Å². The molecular formula is C14H8O8S. The molecule has 0 spiro atoms. The second-order valence-electron chi connectivity index (χ2n) is 4.82. The fourth-order valence-electron chi connectivity index (χ4n) is 2.53. The number of carbonyl (C=O) groups is 2. The van der Waals surface area contributed by atoms with Crippen LogP contribution in [-0.4, -0.2) is 39.9 Å². The number of fused-ring (bicyclic) bond motifs is 2. The monoisotopic (exact) mass is 336 g/mol. The Hall–Kier alpha value is -2.91. The fourth-order valence-corrected chi connectivity index (χ4v) is 3.23. The van der Waals surface area contributed by atoms with Gasteiger partial charge in [0.1, 0.15) is 22.1 Å². The Bertz CT molecular complexity index is 1000. The number of phenolic OH excluding ortho intramolecular Hbond substituents is 3. The van der Waals surface area contributed by atoms with Crippen LogP contribution in [0.4, 0.5) is 0 Å². The molecule has 0 aliphatic heterocycles. The molecular weight excluding hydrogens is 328 g/mol. The van der Waals surface area contributed by atoms with Crippen LogP contribution in [0.25, 0.3) is 0 Å². The van der Waals surface area contributed by atoms with Gasteiger partial charge in [-0.3, -0.25) is 14.1 Å². The first kappa shape index (κ1) is 15.0. The maximum Gasteiger partial charge on any atom is 0.295 e. The van der Waals surface area contributed by atoms with Gasteiger partial charge in [-0.15, -0.1) is 0 Å². The van der Waals surface area contributed by atoms with Crippen LogP contribution in [0.3, 0.4) is 0 Å². The summed E-state index contributed by atoms with van der Waals surface area (Å²) in [5, 5.41) is 29.4. The van der Waals surface area contributed by atoms with Gasteiger partial charge in [0.15, 0.2) is 5.78 Å². The van der Waals surface area contributed by atoms with E-state index in [0.29, 0.717) is 0 Å². The van der Waals surface area contributed by atoms with Gasteiger partial charge in [0, 0.05) is 0 Å². The van der Waals surface area contributed by atoms with E-state index >= 15 is 0 Å². The molecule has 0 bridgehead atoms. The predicted molar refractivity (Wildman–Crippen MR) is 74.6 cm³/mol. The average molecular weight is 336 g/mol. The van der Waals surface area contributed by atoms with E-state index in [0.717, 1.165) is 24.3 Å². The smallest absolute Gasteiger partial charge is 0.295 e. The minimum Gasteiger partial charge on any atom is -0.507 e. The molecule has 2 aromatic rings. The molecule has 3 rings (SSSR count). The number of hydrogen-bond donors (Lipinski definition) is 4. The first-order valence-electron chi connectivity index (χ1n) is 6.12. The summed E-state index contributed by atoms with van der Waals surface area (Å²) in [7, 11) is -4.87. The summed E-state index contributed by atoms with van der Waals surface area (Å²) in [4.78, 5) is 24.1. The van der Waals surface area contributed by atoms with Crippen LogP contribution >= 0.6 is 0 Å². The minimum absolute atomic E-state index is 0.551. The van der Waals surface area contributed by atoms with Crippen molar-refractivity contribution in [2.24, 2.45) is 0 Å². The summed E-state index contributed by atoms with van der Waals surface area (Å²) in [6.07, 6.45) is 0. The molecule has 0 fully saturated rings. The number of rotatable bonds is 1. The van der Waals surface area contributed by atoms with Gasteiger partial charge in [-0.25, -0.2) is 0 Å². The van der Waals surface area contributed by atoms with Gasteiger partial charge in [0.05, 0.1) is 22.3 Å². The van der Waals surface area contributed by atoms with E-state index in [1.165, 1.54) is 0 Å². The molecule has 1 aliphatic carbocycles. The van der Waals surface area contributed by atoms with Crippen molar-refractivity contribution in [3.05, 3.63) is 46.5 Å². The molecule has 0 saturated carbocycles. The highest BCUT2D eigenvalue weighted by molar-refractivity contribution is 7.86. The number of benzene rings is 2. The molecule has 9 heteroatoms. The molecule has 0 amide bonds. The minimum atomic E-state index is -4.87. The third-order valence-corrected chi connectivity index (χ3v) is 4.39. The number of aromatic hydroxyl groups is 3. The van der Waals surface area contributed by atoms with Gasteiger partial charge >= 0.3 is 0 Å². The summed E-state index contributed by atoms with van der Waals surface area (Å²) in [5.41, 5.74) is -2.58. The average Bonchev–Trinajstić information content (AvgIpc) is 2.45. The summed E-state index contributed by atoms with van der Waals surface area (Å²) < 4.78 is 32.1. The first-order chi connectivity index (χ1) is 10.6. The number of ketones is 2. The van der Waals surface area contributed by atoms with Crippen LogP contribution < -0.4 is 0 Å². The maximum atomic E-state index is 12.5. The van der Waals surface area contributed by atoms with Crippen molar-refractivity contribution in [3.8, 4) is 17.2 Å². The second-order valence-corrected chi connectivity index (χ2v) is 6.21. The van der Waals surface area contributed by atoms with Crippen molar-refractivity contribution in [2.75, 3.05) is 0 Å². The molecule has 0 aromatic heterocycles. The van der Waals surface area contributed by atoms with Crippen LogP contribution in [0.1, 0.15) is 31.8 Å². The summed E-state index contributed by atoms with van der Waals surface area (Å²) in [6, 6.07) is 3.53. The van der Waals surface area contributed by atoms with Crippen molar-refractivity contribution >= 4 is 21.7 Å². The largest absolute Gasteiger partial charge is 0.507 e. The molecule has 2 aromatic carbocycles. The zero-order valence-corrected chi connectivity index (χ0v) is 12.0. The topological polar surface area (TPSA) is 149 Å². The lowest BCUT2D eigenvalue weighted by molar-refractivity contribution is 0.0969. The van der Waals surface area contributed by atoms with Gasteiger partial charge in [-0.2, -0.15) is 8.42 Å². The number of carbonyl (C=O) groups excluding carboxylic acids is 2. The second kappa shape index (κ2) is 4.54. The normalized spacial score (nSPS) is 13.6. The molecule has 0 heterocycles. The van der Waals surface area contributed by atoms with Crippen molar-refractivity contribution in [3.63, 3.8) is 0 Å². The lowest BCUT2D eigenvalue weighted by atomic mass is 9.82. The Labute approximate surface area is 129 Å². The highest BCUT2D eigenvalue weighted by atomic mass is 32.2. The van der Waals surface area contributed by atoms with Crippen molar-refractivity contribution in [1.82, 2.24) is 0 Å². The third kappa shape index (κ3) is 1.98. The van der Waals surface area contributed by atoms with E-state index in [-0.39, 0.29) is 0 Å². The van der Waals surface area contributed by atoms with E-state index in [4.69, 9.17) is 0 Å². The molecule has 0 atom stereocenters. The van der Waals surface area contributed by atoms with E-state index in [9.17, 15) is 37.9 Å². The Morgan fingerprint density at radius 1 is 0.652 bits per heavy atom. The van der Waals surface area contributed by atoms with Gasteiger partial charge in [0.2, 0.25) is 5.78 Å². The fraction of sp³-hybridized carbons (Fsp3) is 0. The van der Waals surface area contributed by atoms with Crippen LogP contribution in [0.5, 0.6) is 17.2 Å². The highest BCUT2D eigenvalue weighted by Crippen LogP contribution is 2.42. The van der Waals surface area contributed by atoms with E-state index < -0.39 is 66.1 Å². The van der Waals surface area contributed by atoms with Gasteiger partial charge in [-0.05, 0) is 24.3 Å². The lowest BCUT2D eigenvalue weighted by Gasteiger charge is -2.21. The van der Waals surface area contributed by atoms with E-state index in [1.54, 1.807) is 0 Å². The standard InChI is InChI=1S/C14H8O8S/c15-5-1-2-6(16)10-9(5)13(18)11-7(17)3-4-8(23(20,21)22)12(11)14(10)19/h1-4,15-17H,(H,20,21,22). The summed E-state index contributed by atoms with van der Waals surface area (Å²) in [6.45, 7) is 0. The molecule has 0 saturated heterocycles. The molecule has 118 valence electrons. The zero-order chi connectivity index (χ0) is 17.1. The molecule has 0 radical (unpaired) electrons. The van der Waals surface area contributed by atoms with Crippen molar-refractivity contribution in [1.29, 1.82) is 0 Å². The molecule has 8 nitrogen and oxygen atoms in total. The Kier molecular flexibility index (Phi) is 2.96. The van der Waals surface area contributed by atoms with Crippen LogP contribution in [-0.2, 0) is 10.1 Å². The van der Waals surface area contributed by atoms with Gasteiger partial charge in [-0.1, -0.05) is 0 Å². The zero-order valence-electron chi connectivity index (χ0n) is 11.1. The van der Waals surface area contributed by atoms with Crippen molar-refractivity contribution in [2.45, 2.75) is 4.90 Å². The summed E-state index contributed by atoms with van der Waals surface area (Å²) >= 11 is 0. The Morgan fingerprint density at radius 3 is 1.43 bits per heavy atom. The molecule has 23 heavy (non-hydrogen) atoms. The van der Waals surface area contributed by atoms with Crippen LogP contribution in [0, 0.1) is 0 Å². The summed E-state index contributed by atoms with van der Waals surface area (Å²) in [5.74, 6) is -4.12. The Balaban J connectivity index is 2.50. The first-order valence-corrected chi connectivity index (χ1v) is 7.56.